The zero-order valence-corrected chi connectivity index (χ0v) is 20.3. The van der Waals surface area contributed by atoms with Crippen LogP contribution < -0.4 is 15.1 Å². The molecule has 8 heteroatoms. The van der Waals surface area contributed by atoms with Crippen LogP contribution in [0.3, 0.4) is 0 Å². The number of benzene rings is 1. The standard InChI is InChI=1S/C26H34N6O2/c1-18-25(33)30(3)22-11-12-23(28-24(22)32(18)21-9-4-5-10-21)27-20-8-6-7-19(17-20)26(34)31-15-13-29(2)14-16-31/h6-8,11-12,17-18,21H,4-5,9-10,13-16H2,1-3H3,(H,27,28)/t18-/m1/s1. The van der Waals surface area contributed by atoms with Crippen LogP contribution in [0.4, 0.5) is 23.0 Å². The highest BCUT2D eigenvalue weighted by Crippen LogP contribution is 2.39. The number of nitrogens with one attached hydrogen (secondary N) is 1. The molecule has 2 fully saturated rings. The number of nitrogens with zero attached hydrogens (tertiary/aromatic N) is 5. The zero-order valence-electron chi connectivity index (χ0n) is 20.3. The lowest BCUT2D eigenvalue weighted by atomic mass is 10.1. The molecule has 34 heavy (non-hydrogen) atoms. The van der Waals surface area contributed by atoms with E-state index in [4.69, 9.17) is 4.98 Å². The Hall–Kier alpha value is -3.13. The van der Waals surface area contributed by atoms with Crippen molar-refractivity contribution in [3.63, 3.8) is 0 Å². The van der Waals surface area contributed by atoms with E-state index >= 15 is 0 Å². The van der Waals surface area contributed by atoms with Crippen LogP contribution in [0.1, 0.15) is 43.0 Å². The molecule has 5 rings (SSSR count). The average molecular weight is 463 g/mol. The molecule has 2 aromatic rings. The Balaban J connectivity index is 1.39. The second kappa shape index (κ2) is 9.25. The molecule has 1 N–H and O–H groups in total. The normalized spacial score (nSPS) is 21.7. The molecule has 0 unspecified atom stereocenters. The van der Waals surface area contributed by atoms with Gasteiger partial charge in [-0.15, -0.1) is 0 Å². The maximum absolute atomic E-state index is 13.0. The van der Waals surface area contributed by atoms with E-state index in [0.29, 0.717) is 17.4 Å². The van der Waals surface area contributed by atoms with Gasteiger partial charge in [-0.05, 0) is 57.1 Å². The lowest BCUT2D eigenvalue weighted by molar-refractivity contribution is -0.119. The highest BCUT2D eigenvalue weighted by atomic mass is 16.2. The second-order valence-electron chi connectivity index (χ2n) is 9.76. The number of rotatable bonds is 4. The smallest absolute Gasteiger partial charge is 0.254 e. The number of pyridine rings is 1. The predicted molar refractivity (Wildman–Crippen MR) is 135 cm³/mol. The molecular formula is C26H34N6O2. The fourth-order valence-corrected chi connectivity index (χ4v) is 5.41. The van der Waals surface area contributed by atoms with Gasteiger partial charge in [-0.25, -0.2) is 4.98 Å². The maximum Gasteiger partial charge on any atom is 0.254 e. The number of amides is 2. The summed E-state index contributed by atoms with van der Waals surface area (Å²) in [5.74, 6) is 1.74. The fourth-order valence-electron chi connectivity index (χ4n) is 5.41. The van der Waals surface area contributed by atoms with Gasteiger partial charge in [0.2, 0.25) is 5.91 Å². The molecule has 1 aromatic heterocycles. The van der Waals surface area contributed by atoms with Gasteiger partial charge >= 0.3 is 0 Å². The Morgan fingerprint density at radius 2 is 1.76 bits per heavy atom. The summed E-state index contributed by atoms with van der Waals surface area (Å²) in [4.78, 5) is 39.0. The van der Waals surface area contributed by atoms with E-state index in [1.807, 2.05) is 55.3 Å². The molecule has 3 heterocycles. The third-order valence-electron chi connectivity index (χ3n) is 7.46. The molecule has 2 amide bonds. The van der Waals surface area contributed by atoms with Crippen molar-refractivity contribution in [2.75, 3.05) is 55.4 Å². The van der Waals surface area contributed by atoms with E-state index in [0.717, 1.165) is 56.2 Å². The van der Waals surface area contributed by atoms with Crippen LogP contribution in [0.15, 0.2) is 36.4 Å². The Morgan fingerprint density at radius 1 is 1.03 bits per heavy atom. The van der Waals surface area contributed by atoms with E-state index in [1.54, 1.807) is 4.90 Å². The van der Waals surface area contributed by atoms with Crippen molar-refractivity contribution in [2.45, 2.75) is 44.7 Å². The minimum Gasteiger partial charge on any atom is -0.340 e. The number of piperazine rings is 1. The first-order valence-electron chi connectivity index (χ1n) is 12.3. The van der Waals surface area contributed by atoms with E-state index in [9.17, 15) is 9.59 Å². The molecule has 1 saturated heterocycles. The Morgan fingerprint density at radius 3 is 2.50 bits per heavy atom. The highest BCUT2D eigenvalue weighted by Gasteiger charge is 2.39. The van der Waals surface area contributed by atoms with Crippen molar-refractivity contribution < 1.29 is 9.59 Å². The maximum atomic E-state index is 13.0. The zero-order chi connectivity index (χ0) is 23.8. The van der Waals surface area contributed by atoms with Crippen molar-refractivity contribution in [3.05, 3.63) is 42.0 Å². The van der Waals surface area contributed by atoms with Gasteiger partial charge in [-0.2, -0.15) is 0 Å². The number of carbonyl (C=O) groups excluding carboxylic acids is 2. The summed E-state index contributed by atoms with van der Waals surface area (Å²) in [5, 5.41) is 3.39. The van der Waals surface area contributed by atoms with Gasteiger partial charge < -0.3 is 24.9 Å². The van der Waals surface area contributed by atoms with Crippen LogP contribution in [0.25, 0.3) is 0 Å². The largest absolute Gasteiger partial charge is 0.340 e. The molecular weight excluding hydrogens is 428 g/mol. The fraction of sp³-hybridized carbons (Fsp3) is 0.500. The van der Waals surface area contributed by atoms with Crippen LogP contribution >= 0.6 is 0 Å². The van der Waals surface area contributed by atoms with Crippen LogP contribution in [0.2, 0.25) is 0 Å². The molecule has 180 valence electrons. The molecule has 3 aliphatic rings. The van der Waals surface area contributed by atoms with Gasteiger partial charge in [0, 0.05) is 50.5 Å². The van der Waals surface area contributed by atoms with Crippen LogP contribution in [-0.4, -0.2) is 79.0 Å². The number of hydrogen-bond acceptors (Lipinski definition) is 6. The third kappa shape index (κ3) is 4.22. The number of aromatic nitrogens is 1. The molecule has 2 aliphatic heterocycles. The van der Waals surface area contributed by atoms with Gasteiger partial charge in [0.05, 0.1) is 5.69 Å². The van der Waals surface area contributed by atoms with Crippen molar-refractivity contribution in [3.8, 4) is 0 Å². The van der Waals surface area contributed by atoms with Crippen molar-refractivity contribution in [1.29, 1.82) is 0 Å². The van der Waals surface area contributed by atoms with Crippen molar-refractivity contribution in [1.82, 2.24) is 14.8 Å². The number of carbonyl (C=O) groups is 2. The molecule has 0 radical (unpaired) electrons. The van der Waals surface area contributed by atoms with Crippen LogP contribution in [0, 0.1) is 0 Å². The summed E-state index contributed by atoms with van der Waals surface area (Å²) in [5.41, 5.74) is 2.35. The first-order valence-corrected chi connectivity index (χ1v) is 12.3. The first kappa shape index (κ1) is 22.7. The summed E-state index contributed by atoms with van der Waals surface area (Å²) >= 11 is 0. The molecule has 0 spiro atoms. The Labute approximate surface area is 201 Å². The van der Waals surface area contributed by atoms with Crippen LogP contribution in [-0.2, 0) is 4.79 Å². The minimum atomic E-state index is -0.229. The first-order chi connectivity index (χ1) is 16.4. The molecule has 1 aromatic carbocycles. The highest BCUT2D eigenvalue weighted by molar-refractivity contribution is 6.04. The monoisotopic (exact) mass is 462 g/mol. The van der Waals surface area contributed by atoms with Gasteiger partial charge in [-0.3, -0.25) is 9.59 Å². The predicted octanol–water partition coefficient (Wildman–Crippen LogP) is 3.33. The number of anilines is 4. The number of likely N-dealkylation sites (N-methyl/N-ethyl adjacent to an activating group) is 2. The molecule has 1 aliphatic carbocycles. The summed E-state index contributed by atoms with van der Waals surface area (Å²) in [6.45, 7) is 5.28. The molecule has 1 saturated carbocycles. The van der Waals surface area contributed by atoms with E-state index in [1.165, 1.54) is 12.8 Å². The van der Waals surface area contributed by atoms with Crippen molar-refractivity contribution in [2.24, 2.45) is 0 Å². The second-order valence-corrected chi connectivity index (χ2v) is 9.76. The summed E-state index contributed by atoms with van der Waals surface area (Å²) in [6, 6.07) is 11.6. The number of fused-ring (bicyclic) bond motifs is 1. The summed E-state index contributed by atoms with van der Waals surface area (Å²) in [6.07, 6.45) is 4.58. The van der Waals surface area contributed by atoms with E-state index in [2.05, 4.69) is 22.2 Å². The third-order valence-corrected chi connectivity index (χ3v) is 7.46. The van der Waals surface area contributed by atoms with E-state index in [-0.39, 0.29) is 17.9 Å². The molecule has 0 bridgehead atoms. The van der Waals surface area contributed by atoms with E-state index < -0.39 is 0 Å². The quantitative estimate of drug-likeness (QED) is 0.752. The van der Waals surface area contributed by atoms with Gasteiger partial charge in [-0.1, -0.05) is 18.9 Å². The Bertz CT molecular complexity index is 1070. The van der Waals surface area contributed by atoms with Crippen molar-refractivity contribution >= 4 is 34.8 Å². The molecule has 1 atom stereocenters. The summed E-state index contributed by atoms with van der Waals surface area (Å²) in [7, 11) is 3.91. The van der Waals surface area contributed by atoms with Crippen LogP contribution in [0.5, 0.6) is 0 Å². The molecule has 8 nitrogen and oxygen atoms in total. The van der Waals surface area contributed by atoms with Gasteiger partial charge in [0.25, 0.3) is 5.91 Å². The number of hydrogen-bond donors (Lipinski definition) is 1. The summed E-state index contributed by atoms with van der Waals surface area (Å²) < 4.78 is 0. The van der Waals surface area contributed by atoms with Gasteiger partial charge in [0.15, 0.2) is 5.82 Å². The lowest BCUT2D eigenvalue weighted by Crippen LogP contribution is -2.54. The minimum absolute atomic E-state index is 0.0662. The Kier molecular flexibility index (Phi) is 6.16. The SMILES string of the molecule is C[C@@H]1C(=O)N(C)c2ccc(Nc3cccc(C(=O)N4CCN(C)CC4)c3)nc2N1C1CCCC1. The van der Waals surface area contributed by atoms with Gasteiger partial charge in [0.1, 0.15) is 11.9 Å². The average Bonchev–Trinajstić information content (AvgIpc) is 3.37. The topological polar surface area (TPSA) is 72.0 Å². The lowest BCUT2D eigenvalue weighted by Gasteiger charge is -2.42.